The first-order valence-corrected chi connectivity index (χ1v) is 4.54. The van der Waals surface area contributed by atoms with Gasteiger partial charge in [-0.15, -0.1) is 6.42 Å². The predicted molar refractivity (Wildman–Crippen MR) is 50.0 cm³/mol. The third kappa shape index (κ3) is 1.84. The third-order valence-corrected chi connectivity index (χ3v) is 2.51. The van der Waals surface area contributed by atoms with Crippen LogP contribution in [0.2, 0.25) is 0 Å². The molecule has 0 spiro atoms. The molecule has 1 fully saturated rings. The van der Waals surface area contributed by atoms with Gasteiger partial charge in [-0.3, -0.25) is 9.69 Å². The molecular weight excluding hydrogens is 166 g/mol. The minimum atomic E-state index is -0.167. The molecule has 1 rings (SSSR count). The number of rotatable bonds is 3. The van der Waals surface area contributed by atoms with Gasteiger partial charge in [-0.1, -0.05) is 12.8 Å². The normalized spacial score (nSPS) is 24.2. The Labute approximate surface area is 79.1 Å². The molecule has 0 aromatic heterocycles. The zero-order valence-electron chi connectivity index (χ0n) is 8.12. The van der Waals surface area contributed by atoms with Crippen molar-refractivity contribution in [3.63, 3.8) is 0 Å². The Morgan fingerprint density at radius 1 is 1.85 bits per heavy atom. The van der Waals surface area contributed by atoms with E-state index in [2.05, 4.69) is 10.7 Å². The van der Waals surface area contributed by atoms with Gasteiger partial charge in [0.25, 0.3) is 0 Å². The largest absolute Gasteiger partial charge is 0.468 e. The van der Waals surface area contributed by atoms with Crippen LogP contribution in [0.25, 0.3) is 0 Å². The van der Waals surface area contributed by atoms with E-state index in [4.69, 9.17) is 6.42 Å². The first-order chi connectivity index (χ1) is 6.24. The van der Waals surface area contributed by atoms with Crippen LogP contribution in [0.1, 0.15) is 19.8 Å². The molecule has 2 unspecified atom stereocenters. The summed E-state index contributed by atoms with van der Waals surface area (Å²) in [6, 6.07) is -0.0242. The van der Waals surface area contributed by atoms with Crippen LogP contribution < -0.4 is 0 Å². The molecule has 13 heavy (non-hydrogen) atoms. The second kappa shape index (κ2) is 4.29. The van der Waals surface area contributed by atoms with Gasteiger partial charge < -0.3 is 4.74 Å². The molecule has 1 heterocycles. The first kappa shape index (κ1) is 10.1. The van der Waals surface area contributed by atoms with Gasteiger partial charge in [0.2, 0.25) is 0 Å². The maximum Gasteiger partial charge on any atom is 0.323 e. The molecule has 2 atom stereocenters. The van der Waals surface area contributed by atoms with Crippen LogP contribution in [0.15, 0.2) is 0 Å². The van der Waals surface area contributed by atoms with Crippen LogP contribution in [0.5, 0.6) is 0 Å². The van der Waals surface area contributed by atoms with Crippen molar-refractivity contribution in [1.82, 2.24) is 4.90 Å². The number of methoxy groups -OCH3 is 1. The topological polar surface area (TPSA) is 29.5 Å². The van der Waals surface area contributed by atoms with Crippen molar-refractivity contribution >= 4 is 5.97 Å². The first-order valence-electron chi connectivity index (χ1n) is 4.54. The molecule has 0 N–H and O–H groups in total. The van der Waals surface area contributed by atoms with Gasteiger partial charge in [0.05, 0.1) is 13.2 Å². The summed E-state index contributed by atoms with van der Waals surface area (Å²) in [5, 5.41) is 0. The molecule has 3 heteroatoms. The second-order valence-corrected chi connectivity index (χ2v) is 3.16. The molecule has 0 amide bonds. The second-order valence-electron chi connectivity index (χ2n) is 3.16. The zero-order valence-corrected chi connectivity index (χ0v) is 8.12. The van der Waals surface area contributed by atoms with Gasteiger partial charge in [0, 0.05) is 6.54 Å². The van der Waals surface area contributed by atoms with Crippen LogP contribution in [0.4, 0.5) is 0 Å². The molecule has 1 aliphatic rings. The standard InChI is InChI=1S/C10H15NO2/c1-4-8(5-2)11-7-6-9(11)10(12)13-3/h1,8-9H,5-7H2,2-3H3. The number of esters is 1. The molecule has 0 saturated carbocycles. The average molecular weight is 181 g/mol. The van der Waals surface area contributed by atoms with Crippen molar-refractivity contribution in [3.8, 4) is 12.3 Å². The van der Waals surface area contributed by atoms with E-state index in [0.29, 0.717) is 0 Å². The number of likely N-dealkylation sites (tertiary alicyclic amines) is 1. The number of carbonyl (C=O) groups excluding carboxylic acids is 1. The van der Waals surface area contributed by atoms with Crippen molar-refractivity contribution in [2.75, 3.05) is 13.7 Å². The van der Waals surface area contributed by atoms with Crippen molar-refractivity contribution in [3.05, 3.63) is 0 Å². The Morgan fingerprint density at radius 3 is 2.85 bits per heavy atom. The summed E-state index contributed by atoms with van der Waals surface area (Å²) in [6.45, 7) is 2.93. The Bertz CT molecular complexity index is 232. The van der Waals surface area contributed by atoms with E-state index in [0.717, 1.165) is 19.4 Å². The Morgan fingerprint density at radius 2 is 2.54 bits per heavy atom. The fourth-order valence-electron chi connectivity index (χ4n) is 1.62. The van der Waals surface area contributed by atoms with E-state index in [9.17, 15) is 4.79 Å². The summed E-state index contributed by atoms with van der Waals surface area (Å²) in [5.41, 5.74) is 0. The summed E-state index contributed by atoms with van der Waals surface area (Å²) in [6.07, 6.45) is 7.10. The highest BCUT2D eigenvalue weighted by atomic mass is 16.5. The molecule has 0 radical (unpaired) electrons. The van der Waals surface area contributed by atoms with E-state index in [-0.39, 0.29) is 18.1 Å². The molecule has 1 aliphatic heterocycles. The molecule has 0 aliphatic carbocycles. The molecule has 3 nitrogen and oxygen atoms in total. The van der Waals surface area contributed by atoms with E-state index < -0.39 is 0 Å². The highest BCUT2D eigenvalue weighted by molar-refractivity contribution is 5.76. The maximum absolute atomic E-state index is 11.2. The SMILES string of the molecule is C#CC(CC)N1CCC1C(=O)OC. The van der Waals surface area contributed by atoms with Gasteiger partial charge in [0.1, 0.15) is 6.04 Å². The summed E-state index contributed by atoms with van der Waals surface area (Å²) < 4.78 is 4.67. The van der Waals surface area contributed by atoms with Gasteiger partial charge in [0.15, 0.2) is 0 Å². The monoisotopic (exact) mass is 181 g/mol. The predicted octanol–water partition coefficient (Wildman–Crippen LogP) is 0.645. The number of hydrogen-bond acceptors (Lipinski definition) is 3. The molecule has 0 aromatic carbocycles. The third-order valence-electron chi connectivity index (χ3n) is 2.51. The van der Waals surface area contributed by atoms with Crippen molar-refractivity contribution in [2.45, 2.75) is 31.8 Å². The zero-order chi connectivity index (χ0) is 9.84. The van der Waals surface area contributed by atoms with Gasteiger partial charge in [-0.05, 0) is 12.8 Å². The van der Waals surface area contributed by atoms with Crippen molar-refractivity contribution < 1.29 is 9.53 Å². The van der Waals surface area contributed by atoms with Crippen LogP contribution in [0.3, 0.4) is 0 Å². The lowest BCUT2D eigenvalue weighted by Crippen LogP contribution is -2.56. The fourth-order valence-corrected chi connectivity index (χ4v) is 1.62. The molecule has 0 aromatic rings. The summed E-state index contributed by atoms with van der Waals surface area (Å²) in [7, 11) is 1.41. The van der Waals surface area contributed by atoms with E-state index in [1.807, 2.05) is 11.8 Å². The Balaban J connectivity index is 2.54. The maximum atomic E-state index is 11.2. The summed E-state index contributed by atoms with van der Waals surface area (Å²) in [4.78, 5) is 13.2. The molecule has 72 valence electrons. The minimum Gasteiger partial charge on any atom is -0.468 e. The smallest absolute Gasteiger partial charge is 0.323 e. The average Bonchev–Trinajstić information content (AvgIpc) is 2.11. The summed E-state index contributed by atoms with van der Waals surface area (Å²) in [5.74, 6) is 2.51. The lowest BCUT2D eigenvalue weighted by atomic mass is 9.99. The van der Waals surface area contributed by atoms with Crippen molar-refractivity contribution in [1.29, 1.82) is 0 Å². The number of carbonyl (C=O) groups is 1. The molecule has 1 saturated heterocycles. The quantitative estimate of drug-likeness (QED) is 0.473. The number of hydrogen-bond donors (Lipinski definition) is 0. The van der Waals surface area contributed by atoms with Crippen LogP contribution in [-0.4, -0.2) is 36.6 Å². The summed E-state index contributed by atoms with van der Waals surface area (Å²) >= 11 is 0. The van der Waals surface area contributed by atoms with Gasteiger partial charge in [-0.2, -0.15) is 0 Å². The molecular formula is C10H15NO2. The van der Waals surface area contributed by atoms with Crippen molar-refractivity contribution in [2.24, 2.45) is 0 Å². The minimum absolute atomic E-state index is 0.0813. The Hall–Kier alpha value is -1.01. The van der Waals surface area contributed by atoms with Gasteiger partial charge >= 0.3 is 5.97 Å². The number of nitrogens with zero attached hydrogens (tertiary/aromatic N) is 1. The van der Waals surface area contributed by atoms with E-state index in [1.165, 1.54) is 7.11 Å². The van der Waals surface area contributed by atoms with Gasteiger partial charge in [-0.25, -0.2) is 0 Å². The highest BCUT2D eigenvalue weighted by Gasteiger charge is 2.38. The lowest BCUT2D eigenvalue weighted by molar-refractivity contribution is -0.152. The van der Waals surface area contributed by atoms with E-state index >= 15 is 0 Å². The van der Waals surface area contributed by atoms with E-state index in [1.54, 1.807) is 0 Å². The van der Waals surface area contributed by atoms with Crippen LogP contribution >= 0.6 is 0 Å². The number of ether oxygens (including phenoxy) is 1. The lowest BCUT2D eigenvalue weighted by Gasteiger charge is -2.41. The highest BCUT2D eigenvalue weighted by Crippen LogP contribution is 2.22. The van der Waals surface area contributed by atoms with Crippen LogP contribution in [-0.2, 0) is 9.53 Å². The fraction of sp³-hybridized carbons (Fsp3) is 0.700. The number of terminal acetylenes is 1. The molecule has 0 bridgehead atoms. The Kier molecular flexibility index (Phi) is 3.32. The van der Waals surface area contributed by atoms with Crippen LogP contribution in [0, 0.1) is 12.3 Å².